The Hall–Kier alpha value is -3.29. The molecule has 1 heterocycles. The summed E-state index contributed by atoms with van der Waals surface area (Å²) < 4.78 is 25.0. The number of amides is 2. The Morgan fingerprint density at radius 3 is 2.48 bits per heavy atom. The first kappa shape index (κ1) is 18.5. The summed E-state index contributed by atoms with van der Waals surface area (Å²) in [5, 5.41) is 0. The lowest BCUT2D eigenvalue weighted by Gasteiger charge is -2.34. The maximum atomic E-state index is 14.0. The van der Waals surface area contributed by atoms with E-state index in [2.05, 4.69) is 0 Å². The van der Waals surface area contributed by atoms with Crippen LogP contribution in [0, 0.1) is 5.82 Å². The minimum absolute atomic E-state index is 0.0238. The average molecular weight is 373 g/mol. The summed E-state index contributed by atoms with van der Waals surface area (Å²) in [6.07, 6.45) is 0.397. The molecule has 0 aromatic heterocycles. The van der Waals surface area contributed by atoms with Crippen molar-refractivity contribution in [1.82, 2.24) is 4.90 Å². The maximum absolute atomic E-state index is 14.0. The lowest BCUT2D eigenvalue weighted by molar-refractivity contribution is -0.138. The number of benzene rings is 2. The van der Waals surface area contributed by atoms with Crippen molar-refractivity contribution in [3.63, 3.8) is 0 Å². The maximum Gasteiger partial charge on any atom is 0.248 e. The second-order valence-electron chi connectivity index (χ2n) is 6.33. The van der Waals surface area contributed by atoms with E-state index in [4.69, 9.17) is 20.9 Å². The summed E-state index contributed by atoms with van der Waals surface area (Å²) in [7, 11) is 2.97. The number of rotatable bonds is 5. The molecule has 1 saturated heterocycles. The van der Waals surface area contributed by atoms with Crippen LogP contribution in [0.15, 0.2) is 36.4 Å². The lowest BCUT2D eigenvalue weighted by atomic mass is 9.85. The molecule has 1 unspecified atom stereocenters. The molecular formula is C19H20FN3O4. The van der Waals surface area contributed by atoms with Gasteiger partial charge in [-0.15, -0.1) is 0 Å². The van der Waals surface area contributed by atoms with Crippen LogP contribution in [0.4, 0.5) is 10.1 Å². The lowest BCUT2D eigenvalue weighted by Crippen LogP contribution is -2.50. The van der Waals surface area contributed by atoms with Crippen molar-refractivity contribution >= 4 is 17.5 Å². The molecule has 7 nitrogen and oxygen atoms in total. The van der Waals surface area contributed by atoms with E-state index in [0.29, 0.717) is 11.3 Å². The van der Waals surface area contributed by atoms with E-state index in [0.717, 1.165) is 6.07 Å². The Bertz CT molecular complexity index is 918. The second-order valence-corrected chi connectivity index (χ2v) is 6.33. The van der Waals surface area contributed by atoms with E-state index in [1.54, 1.807) is 12.1 Å². The number of halogens is 1. The van der Waals surface area contributed by atoms with Gasteiger partial charge in [0, 0.05) is 30.8 Å². The highest BCUT2D eigenvalue weighted by atomic mass is 19.1. The van der Waals surface area contributed by atoms with Crippen molar-refractivity contribution in [2.24, 2.45) is 5.73 Å². The average Bonchev–Trinajstić information content (AvgIpc) is 2.93. The molecule has 0 aliphatic carbocycles. The summed E-state index contributed by atoms with van der Waals surface area (Å²) in [6.45, 7) is 0. The number of primary amides is 1. The van der Waals surface area contributed by atoms with Crippen LogP contribution < -0.4 is 20.9 Å². The van der Waals surface area contributed by atoms with Crippen molar-refractivity contribution in [1.29, 1.82) is 0 Å². The van der Waals surface area contributed by atoms with Gasteiger partial charge in [0.1, 0.15) is 11.5 Å². The van der Waals surface area contributed by atoms with Crippen molar-refractivity contribution in [2.75, 3.05) is 19.9 Å². The van der Waals surface area contributed by atoms with E-state index in [1.807, 2.05) is 0 Å². The Labute approximate surface area is 155 Å². The minimum Gasteiger partial charge on any atom is -0.496 e. The molecule has 0 saturated carbocycles. The van der Waals surface area contributed by atoms with Crippen molar-refractivity contribution in [3.8, 4) is 17.2 Å². The molecule has 2 aromatic carbocycles. The Morgan fingerprint density at radius 1 is 1.22 bits per heavy atom. The molecule has 2 amide bonds. The van der Waals surface area contributed by atoms with Crippen molar-refractivity contribution < 1.29 is 23.5 Å². The number of likely N-dealkylation sites (tertiary alicyclic amines) is 1. The highest BCUT2D eigenvalue weighted by Gasteiger charge is 2.51. The van der Waals surface area contributed by atoms with Gasteiger partial charge in [0.05, 0.1) is 7.11 Å². The highest BCUT2D eigenvalue weighted by molar-refractivity contribution is 5.95. The summed E-state index contributed by atoms with van der Waals surface area (Å²) in [4.78, 5) is 25.8. The summed E-state index contributed by atoms with van der Waals surface area (Å²) in [5.41, 5.74) is 10.5. The van der Waals surface area contributed by atoms with E-state index >= 15 is 0 Å². The molecule has 4 N–H and O–H groups in total. The summed E-state index contributed by atoms with van der Waals surface area (Å²) in [6, 6.07) is 8.76. The normalized spacial score (nSPS) is 19.2. The van der Waals surface area contributed by atoms with Gasteiger partial charge in [-0.3, -0.25) is 9.59 Å². The fourth-order valence-corrected chi connectivity index (χ4v) is 3.37. The van der Waals surface area contributed by atoms with Crippen LogP contribution in [0.2, 0.25) is 0 Å². The molecule has 1 fully saturated rings. The molecule has 1 aliphatic heterocycles. The van der Waals surface area contributed by atoms with E-state index in [1.165, 1.54) is 37.3 Å². The fourth-order valence-electron chi connectivity index (χ4n) is 3.37. The van der Waals surface area contributed by atoms with Crippen molar-refractivity contribution in [2.45, 2.75) is 18.4 Å². The summed E-state index contributed by atoms with van der Waals surface area (Å²) >= 11 is 0. The molecule has 0 bridgehead atoms. The first-order valence-electron chi connectivity index (χ1n) is 8.27. The third kappa shape index (κ3) is 3.03. The predicted octanol–water partition coefficient (Wildman–Crippen LogP) is 2.14. The molecule has 0 radical (unpaired) electrons. The van der Waals surface area contributed by atoms with Crippen LogP contribution >= 0.6 is 0 Å². The van der Waals surface area contributed by atoms with Gasteiger partial charge < -0.3 is 25.8 Å². The third-order valence-corrected chi connectivity index (χ3v) is 4.86. The van der Waals surface area contributed by atoms with Gasteiger partial charge in [0.15, 0.2) is 17.1 Å². The molecule has 1 aliphatic rings. The van der Waals surface area contributed by atoms with Gasteiger partial charge in [0.2, 0.25) is 11.8 Å². The Morgan fingerprint density at radius 2 is 1.93 bits per heavy atom. The van der Waals surface area contributed by atoms with E-state index in [9.17, 15) is 14.0 Å². The van der Waals surface area contributed by atoms with Gasteiger partial charge in [0.25, 0.3) is 0 Å². The number of likely N-dealkylation sites (N-methyl/N-ethyl adjacent to an activating group) is 1. The monoisotopic (exact) mass is 373 g/mol. The van der Waals surface area contributed by atoms with E-state index < -0.39 is 17.3 Å². The second kappa shape index (κ2) is 6.79. The van der Waals surface area contributed by atoms with Crippen molar-refractivity contribution in [3.05, 3.63) is 47.8 Å². The number of hydrogen-bond donors (Lipinski definition) is 2. The van der Waals surface area contributed by atoms with Crippen LogP contribution in [-0.4, -0.2) is 30.9 Å². The van der Waals surface area contributed by atoms with Gasteiger partial charge in [-0.2, -0.15) is 0 Å². The number of nitrogens with two attached hydrogens (primary N) is 2. The molecular weight excluding hydrogens is 353 g/mol. The number of nitrogens with zero attached hydrogens (tertiary/aromatic N) is 1. The molecule has 0 spiro atoms. The first-order chi connectivity index (χ1) is 12.8. The van der Waals surface area contributed by atoms with E-state index in [-0.39, 0.29) is 35.9 Å². The molecule has 1 atom stereocenters. The minimum atomic E-state index is -1.36. The molecule has 27 heavy (non-hydrogen) atoms. The third-order valence-electron chi connectivity index (χ3n) is 4.86. The smallest absolute Gasteiger partial charge is 0.248 e. The summed E-state index contributed by atoms with van der Waals surface area (Å²) in [5.74, 6) is -0.880. The standard InChI is InChI=1S/C19H20FN3O4/c1-23-17(24)7-8-19(23,18(22)25)13-10-12(4-6-15(13)26-2)27-16-5-3-11(21)9-14(16)20/h3-6,9-10H,7-8,21H2,1-2H3,(H2,22,25). The Kier molecular flexibility index (Phi) is 4.65. The molecule has 142 valence electrons. The number of methoxy groups -OCH3 is 1. The van der Waals surface area contributed by atoms with Crippen LogP contribution in [0.3, 0.4) is 0 Å². The number of carbonyl (C=O) groups is 2. The van der Waals surface area contributed by atoms with Gasteiger partial charge >= 0.3 is 0 Å². The zero-order valence-corrected chi connectivity index (χ0v) is 15.0. The number of nitrogen functional groups attached to an aromatic ring is 1. The largest absolute Gasteiger partial charge is 0.496 e. The number of ether oxygens (including phenoxy) is 2. The van der Waals surface area contributed by atoms with Crippen LogP contribution in [0.25, 0.3) is 0 Å². The number of carbonyl (C=O) groups excluding carboxylic acids is 2. The zero-order chi connectivity index (χ0) is 19.8. The predicted molar refractivity (Wildman–Crippen MR) is 96.8 cm³/mol. The van der Waals surface area contributed by atoms with Gasteiger partial charge in [-0.25, -0.2) is 4.39 Å². The Balaban J connectivity index is 2.08. The SMILES string of the molecule is COc1ccc(Oc2ccc(N)cc2F)cc1C1(C(N)=O)CCC(=O)N1C. The topological polar surface area (TPSA) is 108 Å². The van der Waals surface area contributed by atoms with Crippen LogP contribution in [0.5, 0.6) is 17.2 Å². The molecule has 3 rings (SSSR count). The highest BCUT2D eigenvalue weighted by Crippen LogP contribution is 2.44. The molecule has 2 aromatic rings. The van der Waals surface area contributed by atoms with Gasteiger partial charge in [-0.05, 0) is 36.8 Å². The molecule has 8 heteroatoms. The number of hydrogen-bond acceptors (Lipinski definition) is 5. The first-order valence-corrected chi connectivity index (χ1v) is 8.27. The zero-order valence-electron chi connectivity index (χ0n) is 15.0. The fraction of sp³-hybridized carbons (Fsp3) is 0.263. The van der Waals surface area contributed by atoms with Gasteiger partial charge in [-0.1, -0.05) is 0 Å². The quantitative estimate of drug-likeness (QED) is 0.781. The number of anilines is 1. The van der Waals surface area contributed by atoms with Crippen LogP contribution in [-0.2, 0) is 15.1 Å². The van der Waals surface area contributed by atoms with Crippen LogP contribution in [0.1, 0.15) is 18.4 Å².